The molecule has 7 nitrogen and oxygen atoms in total. The van der Waals surface area contributed by atoms with E-state index in [1.165, 1.54) is 12.8 Å². The van der Waals surface area contributed by atoms with Gasteiger partial charge in [0.25, 0.3) is 0 Å². The van der Waals surface area contributed by atoms with Crippen LogP contribution in [0.25, 0.3) is 10.9 Å². The Hall–Kier alpha value is -2.57. The molecule has 2 aromatic rings. The molecule has 1 amide bonds. The summed E-state index contributed by atoms with van der Waals surface area (Å²) in [6.07, 6.45) is 8.32. The number of piperidine rings is 1. The lowest BCUT2D eigenvalue weighted by Gasteiger charge is -2.33. The number of rotatable bonds is 7. The average molecular weight is 399 g/mol. The van der Waals surface area contributed by atoms with Crippen molar-refractivity contribution in [3.8, 4) is 5.75 Å². The molecule has 1 aromatic heterocycles. The van der Waals surface area contributed by atoms with E-state index < -0.39 is 5.97 Å². The lowest BCUT2D eigenvalue weighted by molar-refractivity contribution is -0.138. The summed E-state index contributed by atoms with van der Waals surface area (Å²) in [5, 5.41) is 14.1. The Morgan fingerprint density at radius 3 is 2.62 bits per heavy atom. The van der Waals surface area contributed by atoms with Crippen LogP contribution in [0.4, 0.5) is 0 Å². The van der Waals surface area contributed by atoms with E-state index in [1.807, 2.05) is 18.2 Å². The maximum absolute atomic E-state index is 12.6. The van der Waals surface area contributed by atoms with Crippen LogP contribution >= 0.6 is 0 Å². The van der Waals surface area contributed by atoms with Gasteiger partial charge in [0, 0.05) is 24.4 Å². The summed E-state index contributed by atoms with van der Waals surface area (Å²) in [5.41, 5.74) is 0.914. The zero-order chi connectivity index (χ0) is 20.2. The van der Waals surface area contributed by atoms with Gasteiger partial charge in [-0.1, -0.05) is 12.8 Å². The molecular formula is C22H29N3O4. The molecule has 1 saturated carbocycles. The number of hydrogen-bond donors (Lipinski definition) is 1. The second-order valence-corrected chi connectivity index (χ2v) is 8.29. The Morgan fingerprint density at radius 2 is 1.90 bits per heavy atom. The van der Waals surface area contributed by atoms with Gasteiger partial charge in [-0.2, -0.15) is 5.10 Å². The maximum Gasteiger partial charge on any atom is 0.305 e. The second kappa shape index (κ2) is 8.84. The number of amides is 1. The first-order chi connectivity index (χ1) is 14.1. The van der Waals surface area contributed by atoms with Crippen molar-refractivity contribution in [3.63, 3.8) is 0 Å². The topological polar surface area (TPSA) is 84.7 Å². The molecule has 0 radical (unpaired) electrons. The van der Waals surface area contributed by atoms with E-state index in [9.17, 15) is 9.59 Å². The number of carbonyl (C=O) groups is 2. The number of aromatic nitrogens is 2. The normalized spacial score (nSPS) is 18.4. The zero-order valence-corrected chi connectivity index (χ0v) is 16.8. The predicted octanol–water partition coefficient (Wildman–Crippen LogP) is 3.32. The number of fused-ring (bicyclic) bond motifs is 1. The molecule has 0 bridgehead atoms. The van der Waals surface area contributed by atoms with Gasteiger partial charge >= 0.3 is 5.97 Å². The Morgan fingerprint density at radius 1 is 1.14 bits per heavy atom. The third kappa shape index (κ3) is 4.71. The quantitative estimate of drug-likeness (QED) is 0.772. The highest BCUT2D eigenvalue weighted by atomic mass is 16.5. The van der Waals surface area contributed by atoms with Crippen molar-refractivity contribution in [2.45, 2.75) is 51.5 Å². The standard InChI is InChI=1S/C22H29N3O4/c26-21(27)9-12-25-20-6-5-19(13-18(20)14-23-25)29-15-16-7-10-24(11-8-16)22(28)17-3-1-2-4-17/h5-6,13-14,16-17H,1-4,7-12,15H2,(H,26,27). The van der Waals surface area contributed by atoms with Crippen LogP contribution in [0.3, 0.4) is 0 Å². The predicted molar refractivity (Wildman–Crippen MR) is 109 cm³/mol. The van der Waals surface area contributed by atoms with Crippen LogP contribution in [0.2, 0.25) is 0 Å². The monoisotopic (exact) mass is 399 g/mol. The number of aryl methyl sites for hydroxylation is 1. The van der Waals surface area contributed by atoms with Crippen molar-refractivity contribution < 1.29 is 19.4 Å². The van der Waals surface area contributed by atoms with Gasteiger partial charge in [0.2, 0.25) is 5.91 Å². The molecular weight excluding hydrogens is 370 g/mol. The maximum atomic E-state index is 12.6. The van der Waals surface area contributed by atoms with Crippen molar-refractivity contribution in [2.75, 3.05) is 19.7 Å². The molecule has 2 heterocycles. The number of nitrogens with zero attached hydrogens (tertiary/aromatic N) is 3. The minimum atomic E-state index is -0.829. The summed E-state index contributed by atoms with van der Waals surface area (Å²) in [7, 11) is 0. The molecule has 2 fully saturated rings. The largest absolute Gasteiger partial charge is 0.493 e. The van der Waals surface area contributed by atoms with Crippen LogP contribution in [-0.2, 0) is 16.1 Å². The van der Waals surface area contributed by atoms with Gasteiger partial charge in [0.05, 0.1) is 31.3 Å². The van der Waals surface area contributed by atoms with Crippen LogP contribution in [0, 0.1) is 11.8 Å². The first-order valence-corrected chi connectivity index (χ1v) is 10.7. The van der Waals surface area contributed by atoms with Crippen LogP contribution < -0.4 is 4.74 Å². The smallest absolute Gasteiger partial charge is 0.305 e. The van der Waals surface area contributed by atoms with E-state index in [2.05, 4.69) is 10.00 Å². The Labute approximate surface area is 170 Å². The molecule has 1 saturated heterocycles. The molecule has 156 valence electrons. The molecule has 0 spiro atoms. The summed E-state index contributed by atoms with van der Waals surface area (Å²) < 4.78 is 7.73. The van der Waals surface area contributed by atoms with Gasteiger partial charge in [-0.05, 0) is 49.8 Å². The lowest BCUT2D eigenvalue weighted by atomic mass is 9.96. The Kier molecular flexibility index (Phi) is 6.02. The number of benzene rings is 1. The zero-order valence-electron chi connectivity index (χ0n) is 16.8. The van der Waals surface area contributed by atoms with Gasteiger partial charge in [-0.3, -0.25) is 14.3 Å². The fraction of sp³-hybridized carbons (Fsp3) is 0.591. The van der Waals surface area contributed by atoms with E-state index in [-0.39, 0.29) is 12.3 Å². The SMILES string of the molecule is O=C(O)CCn1ncc2cc(OCC3CCN(C(=O)C4CCCC4)CC3)ccc21. The van der Waals surface area contributed by atoms with Crippen molar-refractivity contribution >= 4 is 22.8 Å². The Bertz CT molecular complexity index is 864. The van der Waals surface area contributed by atoms with Crippen LogP contribution in [0.15, 0.2) is 24.4 Å². The highest BCUT2D eigenvalue weighted by molar-refractivity contribution is 5.80. The van der Waals surface area contributed by atoms with Crippen molar-refractivity contribution in [1.29, 1.82) is 0 Å². The van der Waals surface area contributed by atoms with Crippen LogP contribution in [0.1, 0.15) is 44.9 Å². The molecule has 29 heavy (non-hydrogen) atoms. The van der Waals surface area contributed by atoms with E-state index in [0.717, 1.165) is 55.4 Å². The van der Waals surface area contributed by atoms with Gasteiger partial charge in [-0.15, -0.1) is 0 Å². The van der Waals surface area contributed by atoms with Gasteiger partial charge < -0.3 is 14.7 Å². The fourth-order valence-corrected chi connectivity index (χ4v) is 4.50. The molecule has 2 aliphatic rings. The van der Waals surface area contributed by atoms with Crippen LogP contribution in [0.5, 0.6) is 5.75 Å². The Balaban J connectivity index is 1.26. The van der Waals surface area contributed by atoms with Crippen molar-refractivity contribution in [1.82, 2.24) is 14.7 Å². The molecule has 1 aliphatic carbocycles. The summed E-state index contributed by atoms with van der Waals surface area (Å²) >= 11 is 0. The molecule has 1 N–H and O–H groups in total. The third-order valence-corrected chi connectivity index (χ3v) is 6.27. The molecule has 7 heteroatoms. The van der Waals surface area contributed by atoms with E-state index in [1.54, 1.807) is 10.9 Å². The highest BCUT2D eigenvalue weighted by Crippen LogP contribution is 2.29. The fourth-order valence-electron chi connectivity index (χ4n) is 4.50. The lowest BCUT2D eigenvalue weighted by Crippen LogP contribution is -2.42. The molecule has 4 rings (SSSR count). The second-order valence-electron chi connectivity index (χ2n) is 8.29. The van der Waals surface area contributed by atoms with Gasteiger partial charge in [0.1, 0.15) is 5.75 Å². The number of carbonyl (C=O) groups excluding carboxylic acids is 1. The molecule has 1 aliphatic heterocycles. The summed E-state index contributed by atoms with van der Waals surface area (Å²) in [5.74, 6) is 1.08. The van der Waals surface area contributed by atoms with Gasteiger partial charge in [0.15, 0.2) is 0 Å². The van der Waals surface area contributed by atoms with Gasteiger partial charge in [-0.25, -0.2) is 0 Å². The van der Waals surface area contributed by atoms with Crippen molar-refractivity contribution in [2.24, 2.45) is 11.8 Å². The average Bonchev–Trinajstić information content (AvgIpc) is 3.40. The molecule has 0 atom stereocenters. The minimum Gasteiger partial charge on any atom is -0.493 e. The highest BCUT2D eigenvalue weighted by Gasteiger charge is 2.30. The number of carboxylic acid groups (broad SMARTS) is 1. The first kappa shape index (κ1) is 19.7. The number of likely N-dealkylation sites (tertiary alicyclic amines) is 1. The number of carboxylic acids is 1. The van der Waals surface area contributed by atoms with E-state index in [4.69, 9.17) is 9.84 Å². The van der Waals surface area contributed by atoms with Crippen molar-refractivity contribution in [3.05, 3.63) is 24.4 Å². The number of aliphatic carboxylic acids is 1. The third-order valence-electron chi connectivity index (χ3n) is 6.27. The number of ether oxygens (including phenoxy) is 1. The summed E-state index contributed by atoms with van der Waals surface area (Å²) in [6.45, 7) is 2.71. The summed E-state index contributed by atoms with van der Waals surface area (Å²) in [4.78, 5) is 25.4. The van der Waals surface area contributed by atoms with E-state index >= 15 is 0 Å². The van der Waals surface area contributed by atoms with Crippen LogP contribution in [-0.4, -0.2) is 51.4 Å². The molecule has 1 aromatic carbocycles. The summed E-state index contributed by atoms with van der Waals surface area (Å²) in [6, 6.07) is 5.81. The molecule has 0 unspecified atom stereocenters. The number of hydrogen-bond acceptors (Lipinski definition) is 4. The first-order valence-electron chi connectivity index (χ1n) is 10.7. The van der Waals surface area contributed by atoms with E-state index in [0.29, 0.717) is 25.0 Å². The minimum absolute atomic E-state index is 0.0526.